The van der Waals surface area contributed by atoms with Crippen LogP contribution in [-0.4, -0.2) is 29.8 Å². The van der Waals surface area contributed by atoms with Crippen molar-refractivity contribution in [3.8, 4) is 0 Å². The number of hydrogen-bond donors (Lipinski definition) is 0. The molecule has 2 heterocycles. The normalized spacial score (nSPS) is 19.6. The predicted octanol–water partition coefficient (Wildman–Crippen LogP) is 3.19. The van der Waals surface area contributed by atoms with Crippen molar-refractivity contribution in [3.63, 3.8) is 0 Å². The summed E-state index contributed by atoms with van der Waals surface area (Å²) < 4.78 is 0. The molecule has 0 spiro atoms. The number of hydrogen-bond acceptors (Lipinski definition) is 2. The second kappa shape index (κ2) is 6.94. The van der Waals surface area contributed by atoms with Gasteiger partial charge in [-0.25, -0.2) is 0 Å². The SMILES string of the molecule is CCc1cccc(N2C[C@H](C(=O)N3CCc4ccccc4C3)CC2=O)c1. The van der Waals surface area contributed by atoms with Crippen molar-refractivity contribution >= 4 is 17.5 Å². The Morgan fingerprint density at radius 2 is 1.92 bits per heavy atom. The zero-order valence-corrected chi connectivity index (χ0v) is 15.1. The van der Waals surface area contributed by atoms with E-state index in [4.69, 9.17) is 0 Å². The van der Waals surface area contributed by atoms with E-state index >= 15 is 0 Å². The fourth-order valence-corrected chi connectivity index (χ4v) is 4.01. The molecule has 26 heavy (non-hydrogen) atoms. The van der Waals surface area contributed by atoms with E-state index in [0.29, 0.717) is 19.5 Å². The summed E-state index contributed by atoms with van der Waals surface area (Å²) >= 11 is 0. The van der Waals surface area contributed by atoms with Gasteiger partial charge in [-0.05, 0) is 41.7 Å². The zero-order valence-electron chi connectivity index (χ0n) is 15.1. The van der Waals surface area contributed by atoms with Crippen LogP contribution in [0, 0.1) is 5.92 Å². The molecule has 1 fully saturated rings. The molecule has 134 valence electrons. The van der Waals surface area contributed by atoms with Gasteiger partial charge < -0.3 is 9.80 Å². The van der Waals surface area contributed by atoms with E-state index in [-0.39, 0.29) is 17.7 Å². The highest BCUT2D eigenvalue weighted by molar-refractivity contribution is 6.00. The van der Waals surface area contributed by atoms with Gasteiger partial charge in [-0.1, -0.05) is 43.3 Å². The number of carbonyl (C=O) groups excluding carboxylic acids is 2. The number of aryl methyl sites for hydroxylation is 1. The highest BCUT2D eigenvalue weighted by Gasteiger charge is 2.37. The van der Waals surface area contributed by atoms with Gasteiger partial charge in [0.15, 0.2) is 0 Å². The Morgan fingerprint density at radius 3 is 2.73 bits per heavy atom. The topological polar surface area (TPSA) is 40.6 Å². The minimum atomic E-state index is -0.238. The monoisotopic (exact) mass is 348 g/mol. The second-order valence-electron chi connectivity index (χ2n) is 7.21. The summed E-state index contributed by atoms with van der Waals surface area (Å²) in [7, 11) is 0. The van der Waals surface area contributed by atoms with Crippen LogP contribution < -0.4 is 4.90 Å². The molecular formula is C22H24N2O2. The van der Waals surface area contributed by atoms with E-state index in [1.807, 2.05) is 29.2 Å². The summed E-state index contributed by atoms with van der Waals surface area (Å²) in [6.45, 7) is 3.99. The van der Waals surface area contributed by atoms with Crippen molar-refractivity contribution in [1.82, 2.24) is 4.90 Å². The Morgan fingerprint density at radius 1 is 1.12 bits per heavy atom. The van der Waals surface area contributed by atoms with Gasteiger partial charge in [-0.15, -0.1) is 0 Å². The molecule has 2 aromatic rings. The maximum absolute atomic E-state index is 13.0. The van der Waals surface area contributed by atoms with Gasteiger partial charge >= 0.3 is 0 Å². The predicted molar refractivity (Wildman–Crippen MR) is 102 cm³/mol. The minimum Gasteiger partial charge on any atom is -0.338 e. The molecule has 2 aliphatic rings. The van der Waals surface area contributed by atoms with Crippen molar-refractivity contribution in [3.05, 3.63) is 65.2 Å². The van der Waals surface area contributed by atoms with Gasteiger partial charge in [0.05, 0.1) is 5.92 Å². The molecule has 1 atom stereocenters. The largest absolute Gasteiger partial charge is 0.338 e. The zero-order chi connectivity index (χ0) is 18.1. The van der Waals surface area contributed by atoms with Gasteiger partial charge in [0.1, 0.15) is 0 Å². The summed E-state index contributed by atoms with van der Waals surface area (Å²) in [5.74, 6) is -0.0749. The first-order chi connectivity index (χ1) is 12.7. The first kappa shape index (κ1) is 16.8. The second-order valence-corrected chi connectivity index (χ2v) is 7.21. The van der Waals surface area contributed by atoms with Crippen molar-refractivity contribution in [2.24, 2.45) is 5.92 Å². The van der Waals surface area contributed by atoms with Gasteiger partial charge in [0, 0.05) is 31.7 Å². The average molecular weight is 348 g/mol. The molecule has 1 saturated heterocycles. The molecule has 2 aliphatic heterocycles. The average Bonchev–Trinajstić information content (AvgIpc) is 3.08. The molecular weight excluding hydrogens is 324 g/mol. The smallest absolute Gasteiger partial charge is 0.228 e. The van der Waals surface area contributed by atoms with Gasteiger partial charge in [-0.2, -0.15) is 0 Å². The lowest BCUT2D eigenvalue weighted by Crippen LogP contribution is -2.40. The summed E-state index contributed by atoms with van der Waals surface area (Å²) in [4.78, 5) is 29.2. The highest BCUT2D eigenvalue weighted by atomic mass is 16.2. The molecule has 4 rings (SSSR count). The lowest BCUT2D eigenvalue weighted by Gasteiger charge is -2.30. The molecule has 0 radical (unpaired) electrons. The van der Waals surface area contributed by atoms with Crippen LogP contribution in [0.3, 0.4) is 0 Å². The van der Waals surface area contributed by atoms with E-state index < -0.39 is 0 Å². The van der Waals surface area contributed by atoms with Crippen molar-refractivity contribution in [2.45, 2.75) is 32.7 Å². The summed E-state index contributed by atoms with van der Waals surface area (Å²) in [6, 6.07) is 16.4. The van der Waals surface area contributed by atoms with E-state index in [2.05, 4.69) is 31.2 Å². The number of benzene rings is 2. The first-order valence-corrected chi connectivity index (χ1v) is 9.40. The summed E-state index contributed by atoms with van der Waals surface area (Å²) in [5.41, 5.74) is 4.67. The molecule has 0 aliphatic carbocycles. The maximum Gasteiger partial charge on any atom is 0.228 e. The third-order valence-corrected chi connectivity index (χ3v) is 5.55. The molecule has 2 aromatic carbocycles. The Hall–Kier alpha value is -2.62. The molecule has 4 heteroatoms. The number of carbonyl (C=O) groups is 2. The lowest BCUT2D eigenvalue weighted by atomic mass is 9.98. The number of rotatable bonds is 3. The Balaban J connectivity index is 1.47. The van der Waals surface area contributed by atoms with Crippen LogP contribution in [0.2, 0.25) is 0 Å². The molecule has 2 amide bonds. The summed E-state index contributed by atoms with van der Waals surface area (Å²) in [5, 5.41) is 0. The van der Waals surface area contributed by atoms with Crippen LogP contribution in [0.25, 0.3) is 0 Å². The fourth-order valence-electron chi connectivity index (χ4n) is 4.01. The van der Waals surface area contributed by atoms with Gasteiger partial charge in [0.25, 0.3) is 0 Å². The van der Waals surface area contributed by atoms with Crippen LogP contribution in [-0.2, 0) is 29.0 Å². The molecule has 0 unspecified atom stereocenters. The van der Waals surface area contributed by atoms with E-state index in [1.165, 1.54) is 16.7 Å². The third kappa shape index (κ3) is 3.12. The van der Waals surface area contributed by atoms with Crippen LogP contribution in [0.4, 0.5) is 5.69 Å². The number of anilines is 1. The van der Waals surface area contributed by atoms with Crippen LogP contribution in [0.15, 0.2) is 48.5 Å². The fraction of sp³-hybridized carbons (Fsp3) is 0.364. The molecule has 0 saturated carbocycles. The van der Waals surface area contributed by atoms with Crippen molar-refractivity contribution in [1.29, 1.82) is 0 Å². The summed E-state index contributed by atoms with van der Waals surface area (Å²) in [6.07, 6.45) is 2.14. The molecule has 0 bridgehead atoms. The van der Waals surface area contributed by atoms with Gasteiger partial charge in [-0.3, -0.25) is 9.59 Å². The van der Waals surface area contributed by atoms with Crippen molar-refractivity contribution in [2.75, 3.05) is 18.0 Å². The third-order valence-electron chi connectivity index (χ3n) is 5.55. The molecule has 4 nitrogen and oxygen atoms in total. The van der Waals surface area contributed by atoms with Crippen molar-refractivity contribution < 1.29 is 9.59 Å². The van der Waals surface area contributed by atoms with Crippen LogP contribution in [0.1, 0.15) is 30.0 Å². The quantitative estimate of drug-likeness (QED) is 0.855. The first-order valence-electron chi connectivity index (χ1n) is 9.40. The van der Waals surface area contributed by atoms with Crippen LogP contribution >= 0.6 is 0 Å². The van der Waals surface area contributed by atoms with Crippen LogP contribution in [0.5, 0.6) is 0 Å². The van der Waals surface area contributed by atoms with E-state index in [9.17, 15) is 9.59 Å². The number of amides is 2. The Labute approximate surface area is 154 Å². The molecule has 0 N–H and O–H groups in total. The van der Waals surface area contributed by atoms with Gasteiger partial charge in [0.2, 0.25) is 11.8 Å². The Bertz CT molecular complexity index is 846. The van der Waals surface area contributed by atoms with E-state index in [0.717, 1.165) is 25.1 Å². The van der Waals surface area contributed by atoms with E-state index in [1.54, 1.807) is 4.90 Å². The maximum atomic E-state index is 13.0. The minimum absolute atomic E-state index is 0.0500. The number of fused-ring (bicyclic) bond motifs is 1. The molecule has 0 aromatic heterocycles. The standard InChI is InChI=1S/C22H24N2O2/c1-2-16-6-5-9-20(12-16)24-15-19(13-21(24)25)22(26)23-11-10-17-7-3-4-8-18(17)14-23/h3-9,12,19H,2,10-11,13-15H2,1H3/t19-/m1/s1. The Kier molecular flexibility index (Phi) is 4.49. The number of nitrogens with zero attached hydrogens (tertiary/aromatic N) is 2. The lowest BCUT2D eigenvalue weighted by molar-refractivity contribution is -0.136. The highest BCUT2D eigenvalue weighted by Crippen LogP contribution is 2.29.